The van der Waals surface area contributed by atoms with Crippen LogP contribution in [0.15, 0.2) is 101 Å². The highest BCUT2D eigenvalue weighted by molar-refractivity contribution is 7.85. The number of likely N-dealkylation sites (N-methyl/N-ethyl adjacent to an activating group) is 1. The van der Waals surface area contributed by atoms with E-state index in [-0.39, 0.29) is 23.8 Å². The number of carbonyl (C=O) groups excluding carboxylic acids is 2. The van der Waals surface area contributed by atoms with Crippen LogP contribution in [-0.4, -0.2) is 61.9 Å². The molecule has 2 aliphatic heterocycles. The van der Waals surface area contributed by atoms with E-state index in [1.165, 1.54) is 18.3 Å². The standard InChI is InChI=1S/C39H45N5O7S2/c1-6-43-32-20-18-29(53(49,50)51)23-30(32)38(3,4)34(43)12-9-8-10-13-35-39(5,31-22-28(52(47)48)17-19-33(31)44(35)7-2)21-11-14-36(45)42-25-27-16-15-26(24-41-27)37(40)46/h8-10,12-13,15-20,22-24H,6-7,11,14,21,25H2,1-5H3,(H4-,40,42,45,46,47,48,49,50,51)/p+1. The minimum atomic E-state index is -4.35. The Labute approximate surface area is 313 Å². The van der Waals surface area contributed by atoms with Gasteiger partial charge < -0.3 is 20.5 Å². The molecule has 14 heteroatoms. The van der Waals surface area contributed by atoms with Gasteiger partial charge >= 0.3 is 0 Å². The predicted molar refractivity (Wildman–Crippen MR) is 205 cm³/mol. The van der Waals surface area contributed by atoms with Crippen molar-refractivity contribution >= 4 is 50.1 Å². The van der Waals surface area contributed by atoms with E-state index in [1.54, 1.807) is 30.3 Å². The molecule has 3 heterocycles. The van der Waals surface area contributed by atoms with Crippen LogP contribution in [0.1, 0.15) is 81.1 Å². The van der Waals surface area contributed by atoms with E-state index in [9.17, 15) is 31.3 Å². The Kier molecular flexibility index (Phi) is 11.7. The molecule has 280 valence electrons. The highest BCUT2D eigenvalue weighted by atomic mass is 32.2. The predicted octanol–water partition coefficient (Wildman–Crippen LogP) is 5.68. The van der Waals surface area contributed by atoms with Gasteiger partial charge in [-0.2, -0.15) is 13.0 Å². The van der Waals surface area contributed by atoms with Crippen LogP contribution in [0, 0.1) is 0 Å². The van der Waals surface area contributed by atoms with Gasteiger partial charge in [0.25, 0.3) is 10.1 Å². The molecule has 0 saturated carbocycles. The summed E-state index contributed by atoms with van der Waals surface area (Å²) in [5, 5.41) is 2.88. The molecule has 53 heavy (non-hydrogen) atoms. The van der Waals surface area contributed by atoms with E-state index < -0.39 is 37.9 Å². The van der Waals surface area contributed by atoms with Gasteiger partial charge in [0, 0.05) is 53.7 Å². The molecule has 3 aromatic rings. The first-order chi connectivity index (χ1) is 25.0. The Morgan fingerprint density at radius 1 is 1.04 bits per heavy atom. The van der Waals surface area contributed by atoms with Crippen LogP contribution < -0.4 is 16.0 Å². The van der Waals surface area contributed by atoms with Gasteiger partial charge in [-0.1, -0.05) is 18.2 Å². The maximum Gasteiger partial charge on any atom is 0.294 e. The largest absolute Gasteiger partial charge is 0.366 e. The smallest absolute Gasteiger partial charge is 0.294 e. The summed E-state index contributed by atoms with van der Waals surface area (Å²) in [6.45, 7) is 11.7. The average Bonchev–Trinajstić information content (AvgIpc) is 3.48. The lowest BCUT2D eigenvalue weighted by molar-refractivity contribution is -0.433. The molecule has 5 N–H and O–H groups in total. The van der Waals surface area contributed by atoms with E-state index >= 15 is 0 Å². The third kappa shape index (κ3) is 8.10. The highest BCUT2D eigenvalue weighted by Gasteiger charge is 2.45. The van der Waals surface area contributed by atoms with Crippen molar-refractivity contribution in [2.24, 2.45) is 5.73 Å². The van der Waals surface area contributed by atoms with Crippen LogP contribution in [0.25, 0.3) is 0 Å². The van der Waals surface area contributed by atoms with E-state index in [2.05, 4.69) is 26.7 Å². The SMILES string of the molecule is CCN1/C(=C/C=C/C=C/C2=[N+](CC)c3ccc(S(=O)(=O)O)cc3C2(C)C)C(C)(CCCC(=O)NCc2ccc(C(N)=O)cn2)c2cc(S(=O)O)ccc21. The number of primary amides is 1. The molecule has 2 aromatic carbocycles. The summed E-state index contributed by atoms with van der Waals surface area (Å²) in [6.07, 6.45) is 12.6. The molecule has 2 amide bonds. The molecule has 0 bridgehead atoms. The van der Waals surface area contributed by atoms with Crippen molar-refractivity contribution in [1.82, 2.24) is 10.3 Å². The topological polar surface area (TPSA) is 183 Å². The first-order valence-electron chi connectivity index (χ1n) is 17.4. The molecule has 12 nitrogen and oxygen atoms in total. The third-order valence-corrected chi connectivity index (χ3v) is 11.6. The van der Waals surface area contributed by atoms with Gasteiger partial charge in [0.2, 0.25) is 17.5 Å². The number of benzene rings is 2. The summed E-state index contributed by atoms with van der Waals surface area (Å²) < 4.78 is 57.6. The molecule has 1 aromatic heterocycles. The summed E-state index contributed by atoms with van der Waals surface area (Å²) in [5.74, 6) is -0.720. The number of amides is 2. The first kappa shape index (κ1) is 39.4. The number of hydrogen-bond donors (Lipinski definition) is 4. The van der Waals surface area contributed by atoms with E-state index in [4.69, 9.17) is 5.73 Å². The maximum absolute atomic E-state index is 12.9. The molecule has 2 unspecified atom stereocenters. The lowest BCUT2D eigenvalue weighted by Gasteiger charge is -2.30. The van der Waals surface area contributed by atoms with Crippen molar-refractivity contribution in [3.05, 3.63) is 113 Å². The third-order valence-electron chi connectivity index (χ3n) is 10.1. The lowest BCUT2D eigenvalue weighted by Crippen LogP contribution is -2.29. The van der Waals surface area contributed by atoms with Gasteiger partial charge in [0.05, 0.1) is 33.0 Å². The van der Waals surface area contributed by atoms with E-state index in [0.717, 1.165) is 33.9 Å². The second kappa shape index (κ2) is 15.7. The number of rotatable bonds is 14. The lowest BCUT2D eigenvalue weighted by atomic mass is 9.77. The van der Waals surface area contributed by atoms with Crippen molar-refractivity contribution < 1.29 is 35.9 Å². The minimum Gasteiger partial charge on any atom is -0.366 e. The van der Waals surface area contributed by atoms with Crippen LogP contribution in [0.4, 0.5) is 11.4 Å². The van der Waals surface area contributed by atoms with Gasteiger partial charge in [0.15, 0.2) is 16.8 Å². The number of aromatic nitrogens is 1. The first-order valence-corrected chi connectivity index (χ1v) is 19.9. The number of hydrogen-bond acceptors (Lipinski definition) is 7. The molecule has 0 spiro atoms. The van der Waals surface area contributed by atoms with E-state index in [0.29, 0.717) is 42.1 Å². The van der Waals surface area contributed by atoms with Crippen LogP contribution in [-0.2, 0) is 43.4 Å². The molecule has 2 aliphatic rings. The van der Waals surface area contributed by atoms with Crippen molar-refractivity contribution in [2.75, 3.05) is 18.0 Å². The molecule has 5 rings (SSSR count). The summed E-state index contributed by atoms with van der Waals surface area (Å²) in [7, 11) is -4.35. The second-order valence-corrected chi connectivity index (χ2v) is 16.1. The Balaban J connectivity index is 1.37. The molecular formula is C39H46N5O7S2+. The number of nitrogens with one attached hydrogen (secondary N) is 1. The fourth-order valence-electron chi connectivity index (χ4n) is 7.31. The van der Waals surface area contributed by atoms with Gasteiger partial charge in [-0.15, -0.1) is 0 Å². The van der Waals surface area contributed by atoms with Crippen molar-refractivity contribution in [3.63, 3.8) is 0 Å². The van der Waals surface area contributed by atoms with Crippen LogP contribution in [0.2, 0.25) is 0 Å². The fraction of sp³-hybridized carbons (Fsp3) is 0.333. The van der Waals surface area contributed by atoms with Crippen molar-refractivity contribution in [3.8, 4) is 0 Å². The molecular weight excluding hydrogens is 715 g/mol. The van der Waals surface area contributed by atoms with Crippen molar-refractivity contribution in [2.45, 2.75) is 81.0 Å². The average molecular weight is 761 g/mol. The molecule has 0 fully saturated rings. The number of nitrogens with zero attached hydrogens (tertiary/aromatic N) is 3. The van der Waals surface area contributed by atoms with Crippen LogP contribution >= 0.6 is 0 Å². The summed E-state index contributed by atoms with van der Waals surface area (Å²) >= 11 is -2.16. The van der Waals surface area contributed by atoms with Gasteiger partial charge in [-0.05, 0) is 102 Å². The molecule has 2 atom stereocenters. The van der Waals surface area contributed by atoms with Crippen LogP contribution in [0.5, 0.6) is 0 Å². The summed E-state index contributed by atoms with van der Waals surface area (Å²) in [6, 6.07) is 13.2. The highest BCUT2D eigenvalue weighted by Crippen LogP contribution is 2.51. The number of fused-ring (bicyclic) bond motifs is 2. The van der Waals surface area contributed by atoms with Crippen molar-refractivity contribution in [1.29, 1.82) is 0 Å². The Bertz CT molecular complexity index is 2190. The monoisotopic (exact) mass is 760 g/mol. The maximum atomic E-state index is 12.9. The normalized spacial score (nSPS) is 19.3. The molecule has 0 saturated heterocycles. The molecule has 0 radical (unpaired) electrons. The van der Waals surface area contributed by atoms with E-state index in [1.807, 2.05) is 64.1 Å². The van der Waals surface area contributed by atoms with Crippen LogP contribution in [0.3, 0.4) is 0 Å². The number of pyridine rings is 1. The molecule has 0 aliphatic carbocycles. The zero-order chi connectivity index (χ0) is 38.7. The second-order valence-electron chi connectivity index (χ2n) is 13.7. The van der Waals surface area contributed by atoms with Gasteiger partial charge in [-0.25, -0.2) is 4.21 Å². The van der Waals surface area contributed by atoms with Gasteiger partial charge in [-0.3, -0.25) is 19.1 Å². The van der Waals surface area contributed by atoms with Gasteiger partial charge in [0.1, 0.15) is 6.54 Å². The number of anilines is 1. The number of carbonyl (C=O) groups is 2. The Hall–Kier alpha value is -4.76. The summed E-state index contributed by atoms with van der Waals surface area (Å²) in [4.78, 5) is 30.7. The fourth-order valence-corrected chi connectivity index (χ4v) is 8.22. The summed E-state index contributed by atoms with van der Waals surface area (Å²) in [5.41, 5.74) is 10.6. The Morgan fingerprint density at radius 2 is 1.79 bits per heavy atom. The minimum absolute atomic E-state index is 0.137. The quantitative estimate of drug-likeness (QED) is 0.0695. The number of allylic oxidation sites excluding steroid dienone is 6. The Morgan fingerprint density at radius 3 is 2.42 bits per heavy atom. The number of nitrogens with two attached hydrogens (primary N) is 1. The zero-order valence-corrected chi connectivity index (χ0v) is 32.1. The zero-order valence-electron chi connectivity index (χ0n) is 30.5.